The molecule has 0 atom stereocenters. The van der Waals surface area contributed by atoms with E-state index in [1.165, 1.54) is 6.42 Å². The highest BCUT2D eigenvalue weighted by atomic mass is 16.6. The van der Waals surface area contributed by atoms with Crippen molar-refractivity contribution in [1.29, 1.82) is 0 Å². The van der Waals surface area contributed by atoms with Crippen molar-refractivity contribution in [2.24, 2.45) is 0 Å². The molecule has 0 aromatic heterocycles. The summed E-state index contributed by atoms with van der Waals surface area (Å²) in [6.07, 6.45) is 5.25. The fourth-order valence-corrected chi connectivity index (χ4v) is 2.28. The molecule has 1 saturated carbocycles. The Kier molecular flexibility index (Phi) is 4.54. The molecule has 94 valence electrons. The van der Waals surface area contributed by atoms with Gasteiger partial charge in [-0.1, -0.05) is 49.6 Å². The molecule has 0 spiro atoms. The predicted octanol–water partition coefficient (Wildman–Crippen LogP) is 2.40. The lowest BCUT2D eigenvalue weighted by Crippen LogP contribution is -2.42. The van der Waals surface area contributed by atoms with Crippen molar-refractivity contribution in [3.8, 4) is 0 Å². The van der Waals surface area contributed by atoms with Crippen molar-refractivity contribution in [2.45, 2.75) is 44.3 Å². The first-order chi connectivity index (χ1) is 8.29. The molecule has 2 N–H and O–H groups in total. The average Bonchev–Trinajstić information content (AvgIpc) is 2.37. The highest BCUT2D eigenvalue weighted by Crippen LogP contribution is 2.27. The van der Waals surface area contributed by atoms with Crippen molar-refractivity contribution in [2.75, 3.05) is 6.54 Å². The first-order valence-electron chi connectivity index (χ1n) is 6.39. The maximum absolute atomic E-state index is 10.2. The van der Waals surface area contributed by atoms with Crippen LogP contribution in [0.1, 0.15) is 37.7 Å². The molecule has 0 bridgehead atoms. The van der Waals surface area contributed by atoms with Crippen LogP contribution in [0.3, 0.4) is 0 Å². The van der Waals surface area contributed by atoms with E-state index in [2.05, 4.69) is 5.48 Å². The Balaban J connectivity index is 1.66. The lowest BCUT2D eigenvalue weighted by atomic mass is 9.85. The van der Waals surface area contributed by atoms with Crippen molar-refractivity contribution in [3.05, 3.63) is 35.9 Å². The minimum atomic E-state index is -0.561. The Hall–Kier alpha value is -0.900. The molecule has 17 heavy (non-hydrogen) atoms. The summed E-state index contributed by atoms with van der Waals surface area (Å²) in [6, 6.07) is 10.0. The van der Waals surface area contributed by atoms with E-state index in [1.54, 1.807) is 0 Å². The molecule has 0 unspecified atom stereocenters. The summed E-state index contributed by atoms with van der Waals surface area (Å²) in [7, 11) is 0. The average molecular weight is 235 g/mol. The summed E-state index contributed by atoms with van der Waals surface area (Å²) >= 11 is 0. The van der Waals surface area contributed by atoms with Crippen LogP contribution in [-0.2, 0) is 11.4 Å². The Morgan fingerprint density at radius 1 is 1.12 bits per heavy atom. The zero-order chi connectivity index (χ0) is 12.0. The van der Waals surface area contributed by atoms with Gasteiger partial charge in [-0.2, -0.15) is 5.48 Å². The minimum absolute atomic E-state index is 0.528. The highest BCUT2D eigenvalue weighted by molar-refractivity contribution is 5.13. The number of hydrogen-bond acceptors (Lipinski definition) is 3. The third kappa shape index (κ3) is 4.11. The highest BCUT2D eigenvalue weighted by Gasteiger charge is 2.28. The Bertz CT molecular complexity index is 320. The van der Waals surface area contributed by atoms with Crippen LogP contribution in [0.5, 0.6) is 0 Å². The largest absolute Gasteiger partial charge is 0.388 e. The van der Waals surface area contributed by atoms with Crippen LogP contribution in [0, 0.1) is 0 Å². The number of aliphatic hydroxyl groups is 1. The Morgan fingerprint density at radius 3 is 2.53 bits per heavy atom. The maximum atomic E-state index is 10.2. The molecule has 1 aromatic carbocycles. The molecule has 0 radical (unpaired) electrons. The van der Waals surface area contributed by atoms with E-state index in [0.29, 0.717) is 13.2 Å². The van der Waals surface area contributed by atoms with E-state index in [4.69, 9.17) is 4.84 Å². The fourth-order valence-electron chi connectivity index (χ4n) is 2.28. The normalized spacial score (nSPS) is 19.1. The van der Waals surface area contributed by atoms with Gasteiger partial charge in [0.05, 0.1) is 12.2 Å². The molecule has 0 saturated heterocycles. The van der Waals surface area contributed by atoms with E-state index in [1.807, 2.05) is 30.3 Å². The lowest BCUT2D eigenvalue weighted by Gasteiger charge is -2.31. The van der Waals surface area contributed by atoms with Crippen LogP contribution in [0.25, 0.3) is 0 Å². The van der Waals surface area contributed by atoms with Crippen LogP contribution in [0.2, 0.25) is 0 Å². The van der Waals surface area contributed by atoms with Gasteiger partial charge in [0.15, 0.2) is 0 Å². The van der Waals surface area contributed by atoms with E-state index in [-0.39, 0.29) is 0 Å². The van der Waals surface area contributed by atoms with Crippen LogP contribution >= 0.6 is 0 Å². The summed E-state index contributed by atoms with van der Waals surface area (Å²) in [5.74, 6) is 0. The molecule has 2 rings (SSSR count). The summed E-state index contributed by atoms with van der Waals surface area (Å²) in [5, 5.41) is 10.2. The SMILES string of the molecule is OC1(CNOCc2ccccc2)CCCCC1. The molecule has 3 nitrogen and oxygen atoms in total. The number of hydroxylamine groups is 1. The quantitative estimate of drug-likeness (QED) is 0.608. The van der Waals surface area contributed by atoms with Gasteiger partial charge in [0, 0.05) is 6.54 Å². The predicted molar refractivity (Wildman–Crippen MR) is 67.3 cm³/mol. The van der Waals surface area contributed by atoms with E-state index in [0.717, 1.165) is 31.2 Å². The van der Waals surface area contributed by atoms with Gasteiger partial charge in [0.1, 0.15) is 0 Å². The standard InChI is InChI=1S/C14H21NO2/c16-14(9-5-2-6-10-14)12-15-17-11-13-7-3-1-4-8-13/h1,3-4,7-8,15-16H,2,5-6,9-12H2. The Morgan fingerprint density at radius 2 is 1.82 bits per heavy atom. The first-order valence-corrected chi connectivity index (χ1v) is 6.39. The summed E-state index contributed by atoms with van der Waals surface area (Å²) in [5.41, 5.74) is 3.47. The minimum Gasteiger partial charge on any atom is -0.388 e. The van der Waals surface area contributed by atoms with Gasteiger partial charge in [-0.3, -0.25) is 4.84 Å². The van der Waals surface area contributed by atoms with Crippen molar-refractivity contribution >= 4 is 0 Å². The second-order valence-corrected chi connectivity index (χ2v) is 4.88. The molecule has 1 aliphatic carbocycles. The lowest BCUT2D eigenvalue weighted by molar-refractivity contribution is -0.0555. The Labute approximate surface area is 103 Å². The summed E-state index contributed by atoms with van der Waals surface area (Å²) in [6.45, 7) is 1.07. The first kappa shape index (κ1) is 12.6. The molecule has 1 aromatic rings. The second-order valence-electron chi connectivity index (χ2n) is 4.88. The molecule has 0 aliphatic heterocycles. The number of benzene rings is 1. The van der Waals surface area contributed by atoms with E-state index in [9.17, 15) is 5.11 Å². The van der Waals surface area contributed by atoms with Gasteiger partial charge in [0.25, 0.3) is 0 Å². The molecular formula is C14H21NO2. The zero-order valence-corrected chi connectivity index (χ0v) is 10.2. The number of rotatable bonds is 5. The molecular weight excluding hydrogens is 214 g/mol. The van der Waals surface area contributed by atoms with Gasteiger partial charge in [0.2, 0.25) is 0 Å². The van der Waals surface area contributed by atoms with Crippen LogP contribution < -0.4 is 5.48 Å². The van der Waals surface area contributed by atoms with E-state index < -0.39 is 5.60 Å². The number of nitrogens with one attached hydrogen (secondary N) is 1. The molecule has 1 aliphatic rings. The monoisotopic (exact) mass is 235 g/mol. The van der Waals surface area contributed by atoms with Gasteiger partial charge in [-0.15, -0.1) is 0 Å². The van der Waals surface area contributed by atoms with Crippen molar-refractivity contribution in [3.63, 3.8) is 0 Å². The van der Waals surface area contributed by atoms with E-state index >= 15 is 0 Å². The third-order valence-corrected chi connectivity index (χ3v) is 3.37. The topological polar surface area (TPSA) is 41.5 Å². The van der Waals surface area contributed by atoms with Crippen LogP contribution in [0.4, 0.5) is 0 Å². The summed E-state index contributed by atoms with van der Waals surface area (Å²) < 4.78 is 0. The third-order valence-electron chi connectivity index (χ3n) is 3.37. The smallest absolute Gasteiger partial charge is 0.0933 e. The summed E-state index contributed by atoms with van der Waals surface area (Å²) in [4.78, 5) is 5.38. The number of hydrogen-bond donors (Lipinski definition) is 2. The van der Waals surface area contributed by atoms with Crippen molar-refractivity contribution < 1.29 is 9.94 Å². The molecule has 0 amide bonds. The second kappa shape index (κ2) is 6.15. The van der Waals surface area contributed by atoms with Crippen LogP contribution in [0.15, 0.2) is 30.3 Å². The molecule has 3 heteroatoms. The molecule has 0 heterocycles. The molecule has 1 fully saturated rings. The maximum Gasteiger partial charge on any atom is 0.0933 e. The van der Waals surface area contributed by atoms with Gasteiger partial charge in [-0.25, -0.2) is 0 Å². The fraction of sp³-hybridized carbons (Fsp3) is 0.571. The van der Waals surface area contributed by atoms with Gasteiger partial charge in [-0.05, 0) is 18.4 Å². The zero-order valence-electron chi connectivity index (χ0n) is 10.2. The van der Waals surface area contributed by atoms with Gasteiger partial charge >= 0.3 is 0 Å². The van der Waals surface area contributed by atoms with Gasteiger partial charge < -0.3 is 5.11 Å². The van der Waals surface area contributed by atoms with Crippen molar-refractivity contribution in [1.82, 2.24) is 5.48 Å². The van der Waals surface area contributed by atoms with Crippen LogP contribution in [-0.4, -0.2) is 17.3 Å².